The number of nitrogens with one attached hydrogen (secondary N) is 1. The van der Waals surface area contributed by atoms with Crippen LogP contribution < -0.4 is 10.2 Å². The van der Waals surface area contributed by atoms with E-state index in [2.05, 4.69) is 84.7 Å². The number of aryl methyl sites for hydroxylation is 2. The quantitative estimate of drug-likeness (QED) is 0.303. The van der Waals surface area contributed by atoms with Crippen LogP contribution in [0.1, 0.15) is 49.4 Å². The van der Waals surface area contributed by atoms with Crippen molar-refractivity contribution in [2.24, 2.45) is 0 Å². The Morgan fingerprint density at radius 2 is 1.82 bits per heavy atom. The minimum atomic E-state index is -0.194. The Bertz CT molecular complexity index is 1340. The third-order valence-corrected chi connectivity index (χ3v) is 7.35. The van der Waals surface area contributed by atoms with E-state index in [1.807, 2.05) is 17.5 Å². The van der Waals surface area contributed by atoms with E-state index in [1.165, 1.54) is 11.1 Å². The van der Waals surface area contributed by atoms with Crippen molar-refractivity contribution < 1.29 is 4.52 Å². The molecule has 0 fully saturated rings. The summed E-state index contributed by atoms with van der Waals surface area (Å²) in [6.07, 6.45) is 1.95. The molecule has 0 aliphatic carbocycles. The van der Waals surface area contributed by atoms with Gasteiger partial charge >= 0.3 is 0 Å². The van der Waals surface area contributed by atoms with Gasteiger partial charge in [0.05, 0.1) is 16.5 Å². The summed E-state index contributed by atoms with van der Waals surface area (Å²) in [4.78, 5) is 7.83. The van der Waals surface area contributed by atoms with Crippen molar-refractivity contribution in [1.82, 2.24) is 15.5 Å². The Labute approximate surface area is 209 Å². The molecule has 0 radical (unpaired) electrons. The molecule has 5 rings (SSSR count). The fraction of sp³-hybridized carbons (Fsp3) is 0.222. The molecule has 1 N–H and O–H groups in total. The van der Waals surface area contributed by atoms with Crippen LogP contribution in [-0.4, -0.2) is 15.3 Å². The zero-order chi connectivity index (χ0) is 23.7. The van der Waals surface area contributed by atoms with Crippen LogP contribution >= 0.6 is 23.6 Å². The predicted octanol–water partition coefficient (Wildman–Crippen LogP) is 6.79. The highest BCUT2D eigenvalue weighted by Crippen LogP contribution is 2.39. The van der Waals surface area contributed by atoms with Crippen LogP contribution in [0, 0.1) is 0 Å². The minimum absolute atomic E-state index is 0.194. The molecule has 1 aliphatic heterocycles. The third kappa shape index (κ3) is 4.17. The zero-order valence-electron chi connectivity index (χ0n) is 19.4. The molecule has 0 saturated carbocycles. The molecule has 1 atom stereocenters. The Morgan fingerprint density at radius 3 is 2.53 bits per heavy atom. The summed E-state index contributed by atoms with van der Waals surface area (Å²) >= 11 is 7.47. The highest BCUT2D eigenvalue weighted by atomic mass is 32.1. The monoisotopic (exact) mass is 486 g/mol. The lowest BCUT2D eigenvalue weighted by Crippen LogP contribution is -2.46. The molecule has 3 heterocycles. The molecule has 2 aromatic heterocycles. The summed E-state index contributed by atoms with van der Waals surface area (Å²) < 4.78 is 5.84. The van der Waals surface area contributed by atoms with Gasteiger partial charge in [-0.25, -0.2) is 0 Å². The molecule has 34 heavy (non-hydrogen) atoms. The lowest BCUT2D eigenvalue weighted by Gasteiger charge is -2.37. The highest BCUT2D eigenvalue weighted by molar-refractivity contribution is 7.80. The second kappa shape index (κ2) is 9.52. The fourth-order valence-corrected chi connectivity index (χ4v) is 5.29. The van der Waals surface area contributed by atoms with E-state index in [1.54, 1.807) is 11.3 Å². The van der Waals surface area contributed by atoms with Crippen molar-refractivity contribution in [2.75, 3.05) is 4.90 Å². The van der Waals surface area contributed by atoms with Crippen molar-refractivity contribution in [3.8, 4) is 10.7 Å². The maximum absolute atomic E-state index is 5.88. The molecule has 5 nitrogen and oxygen atoms in total. The van der Waals surface area contributed by atoms with Gasteiger partial charge in [0.1, 0.15) is 0 Å². The topological polar surface area (TPSA) is 54.2 Å². The number of rotatable bonds is 6. The molecule has 172 valence electrons. The van der Waals surface area contributed by atoms with Crippen LogP contribution in [-0.2, 0) is 12.8 Å². The minimum Gasteiger partial charge on any atom is -0.351 e. The Morgan fingerprint density at radius 1 is 1.03 bits per heavy atom. The largest absolute Gasteiger partial charge is 0.351 e. The molecule has 2 aromatic carbocycles. The second-order valence-electron chi connectivity index (χ2n) is 8.24. The van der Waals surface area contributed by atoms with E-state index in [0.717, 1.165) is 40.2 Å². The summed E-state index contributed by atoms with van der Waals surface area (Å²) in [6.45, 7) is 6.38. The number of anilines is 1. The van der Waals surface area contributed by atoms with Crippen LogP contribution in [0.25, 0.3) is 16.3 Å². The maximum Gasteiger partial charge on any atom is 0.258 e. The number of aromatic nitrogens is 2. The molecule has 4 aromatic rings. The van der Waals surface area contributed by atoms with Gasteiger partial charge in [-0.05, 0) is 72.3 Å². The first kappa shape index (κ1) is 22.5. The third-order valence-electron chi connectivity index (χ3n) is 6.18. The molecule has 1 unspecified atom stereocenters. The molecule has 7 heteroatoms. The second-order valence-corrected chi connectivity index (χ2v) is 9.57. The molecule has 0 amide bonds. The number of nitrogens with zero attached hydrogens (tertiary/aromatic N) is 3. The Balaban J connectivity index is 1.65. The summed E-state index contributed by atoms with van der Waals surface area (Å²) in [5.74, 6) is 1.09. The van der Waals surface area contributed by atoms with Crippen molar-refractivity contribution in [3.63, 3.8) is 0 Å². The summed E-state index contributed by atoms with van der Waals surface area (Å²) in [6, 6.07) is 20.9. The van der Waals surface area contributed by atoms with Gasteiger partial charge in [-0.1, -0.05) is 61.5 Å². The van der Waals surface area contributed by atoms with Crippen molar-refractivity contribution in [2.45, 2.75) is 39.7 Å². The molecule has 0 saturated heterocycles. The Hall–Kier alpha value is -3.29. The lowest BCUT2D eigenvalue weighted by molar-refractivity contribution is 0.404. The van der Waals surface area contributed by atoms with Crippen molar-refractivity contribution in [1.29, 1.82) is 0 Å². The first-order valence-electron chi connectivity index (χ1n) is 11.5. The van der Waals surface area contributed by atoms with Crippen molar-refractivity contribution in [3.05, 3.63) is 94.3 Å². The van der Waals surface area contributed by atoms with Crippen molar-refractivity contribution >= 4 is 39.9 Å². The number of allylic oxidation sites excluding steroid dienone is 1. The molecule has 1 aliphatic rings. The smallest absolute Gasteiger partial charge is 0.258 e. The van der Waals surface area contributed by atoms with E-state index < -0.39 is 0 Å². The standard InChI is InChI=1S/C27H26N4OS2/c1-4-18-11-13-20(14-12-18)24-23(26-29-25(30-32-26)22-10-7-15-34-22)17(3)31(27(33)28-24)21-9-6-8-19(5-2)16-21/h6-16,24H,4-5H2,1-3H3,(H,28,33). The molecule has 0 spiro atoms. The first-order chi connectivity index (χ1) is 16.6. The SMILES string of the molecule is CCc1ccc(C2NC(=S)N(c3cccc(CC)c3)C(C)=C2c2nc(-c3cccs3)no2)cc1. The average Bonchev–Trinajstić information content (AvgIpc) is 3.56. The predicted molar refractivity (Wildman–Crippen MR) is 143 cm³/mol. The Kier molecular flexibility index (Phi) is 6.30. The fourth-order valence-electron chi connectivity index (χ4n) is 4.28. The molecular formula is C27H26N4OS2. The van der Waals surface area contributed by atoms with Gasteiger partial charge in [-0.15, -0.1) is 11.3 Å². The van der Waals surface area contributed by atoms with Crippen LogP contribution in [0.5, 0.6) is 0 Å². The van der Waals surface area contributed by atoms with Crippen LogP contribution in [0.15, 0.2) is 76.3 Å². The summed E-state index contributed by atoms with van der Waals surface area (Å²) in [5, 5.41) is 10.5. The van der Waals surface area contributed by atoms with Gasteiger partial charge in [-0.2, -0.15) is 4.98 Å². The number of hydrogen-bond donors (Lipinski definition) is 1. The van der Waals surface area contributed by atoms with Crippen LogP contribution in [0.2, 0.25) is 0 Å². The van der Waals surface area contributed by atoms with E-state index in [9.17, 15) is 0 Å². The van der Waals surface area contributed by atoms with Gasteiger partial charge in [0.15, 0.2) is 5.11 Å². The van der Waals surface area contributed by atoms with E-state index in [4.69, 9.17) is 21.7 Å². The number of thiophene rings is 1. The van der Waals surface area contributed by atoms with Gasteiger partial charge in [0, 0.05) is 11.4 Å². The zero-order valence-corrected chi connectivity index (χ0v) is 21.0. The van der Waals surface area contributed by atoms with Gasteiger partial charge in [-0.3, -0.25) is 4.90 Å². The lowest BCUT2D eigenvalue weighted by atomic mass is 9.93. The van der Waals surface area contributed by atoms with Crippen LogP contribution in [0.3, 0.4) is 0 Å². The van der Waals surface area contributed by atoms with E-state index in [0.29, 0.717) is 16.8 Å². The van der Waals surface area contributed by atoms with Gasteiger partial charge in [0.25, 0.3) is 5.89 Å². The normalized spacial score (nSPS) is 16.1. The molecular weight excluding hydrogens is 460 g/mol. The number of benzene rings is 2. The number of thiocarbonyl (C=S) groups is 1. The average molecular weight is 487 g/mol. The van der Waals surface area contributed by atoms with E-state index >= 15 is 0 Å². The van der Waals surface area contributed by atoms with Gasteiger partial charge in [0.2, 0.25) is 5.82 Å². The van der Waals surface area contributed by atoms with E-state index in [-0.39, 0.29) is 6.04 Å². The van der Waals surface area contributed by atoms with Crippen LogP contribution in [0.4, 0.5) is 5.69 Å². The molecule has 0 bridgehead atoms. The van der Waals surface area contributed by atoms with Gasteiger partial charge < -0.3 is 9.84 Å². The summed E-state index contributed by atoms with van der Waals surface area (Å²) in [5.41, 5.74) is 6.57. The maximum atomic E-state index is 5.88. The first-order valence-corrected chi connectivity index (χ1v) is 12.7. The summed E-state index contributed by atoms with van der Waals surface area (Å²) in [7, 11) is 0. The highest BCUT2D eigenvalue weighted by Gasteiger charge is 2.34. The number of hydrogen-bond acceptors (Lipinski definition) is 5.